The summed E-state index contributed by atoms with van der Waals surface area (Å²) in [6.45, 7) is 23.0. The Kier molecular flexibility index (Phi) is 7.47. The summed E-state index contributed by atoms with van der Waals surface area (Å²) in [4.78, 5) is 0. The molecular weight excluding hydrogens is 230 g/mol. The van der Waals surface area contributed by atoms with Gasteiger partial charge in [0.25, 0.3) is 0 Å². The molecule has 0 amide bonds. The van der Waals surface area contributed by atoms with E-state index in [1.165, 1.54) is 25.7 Å². The van der Waals surface area contributed by atoms with Crippen LogP contribution in [0.3, 0.4) is 0 Å². The summed E-state index contributed by atoms with van der Waals surface area (Å²) in [5.41, 5.74) is 3.04. The molecule has 1 N–H and O–H groups in total. The average Bonchev–Trinajstić information content (AvgIpc) is 2.27. The lowest BCUT2D eigenvalue weighted by Gasteiger charge is -2.34. The Hall–Kier alpha value is -0.720. The first-order chi connectivity index (χ1) is 8.63. The molecule has 0 aromatic rings. The first kappa shape index (κ1) is 18.3. The van der Waals surface area contributed by atoms with Crippen LogP contribution >= 0.6 is 0 Å². The van der Waals surface area contributed by atoms with Gasteiger partial charge in [-0.05, 0) is 49.0 Å². The molecule has 1 nitrogen and oxygen atoms in total. The molecule has 0 saturated heterocycles. The molecule has 1 heteroatoms. The Bertz CT molecular complexity index is 297. The van der Waals surface area contributed by atoms with E-state index < -0.39 is 0 Å². The third-order valence-electron chi connectivity index (χ3n) is 4.06. The van der Waals surface area contributed by atoms with Crippen LogP contribution in [-0.4, -0.2) is 6.54 Å². The number of hydrogen-bond acceptors (Lipinski definition) is 1. The molecule has 0 atom stereocenters. The molecule has 0 heterocycles. The first-order valence-corrected chi connectivity index (χ1v) is 7.74. The highest BCUT2D eigenvalue weighted by molar-refractivity contribution is 5.22. The van der Waals surface area contributed by atoms with Crippen molar-refractivity contribution in [2.75, 3.05) is 6.54 Å². The van der Waals surface area contributed by atoms with Gasteiger partial charge in [0.2, 0.25) is 0 Å². The minimum Gasteiger partial charge on any atom is -0.386 e. The molecule has 0 aliphatic carbocycles. The van der Waals surface area contributed by atoms with Gasteiger partial charge in [0.15, 0.2) is 0 Å². The summed E-state index contributed by atoms with van der Waals surface area (Å²) in [5.74, 6) is 0. The minimum absolute atomic E-state index is 0.416. The lowest BCUT2D eigenvalue weighted by atomic mass is 9.71. The second-order valence-electron chi connectivity index (χ2n) is 7.32. The van der Waals surface area contributed by atoms with Gasteiger partial charge in [-0.25, -0.2) is 0 Å². The van der Waals surface area contributed by atoms with Crippen molar-refractivity contribution < 1.29 is 0 Å². The number of likely N-dealkylation sites (N-methyl/N-ethyl adjacent to an activating group) is 1. The van der Waals surface area contributed by atoms with Crippen LogP contribution < -0.4 is 5.32 Å². The van der Waals surface area contributed by atoms with Crippen LogP contribution in [0.25, 0.3) is 0 Å². The van der Waals surface area contributed by atoms with E-state index in [1.807, 2.05) is 0 Å². The molecule has 0 aromatic heterocycles. The Balaban J connectivity index is 4.12. The predicted molar refractivity (Wildman–Crippen MR) is 88.3 cm³/mol. The third-order valence-corrected chi connectivity index (χ3v) is 4.06. The maximum Gasteiger partial charge on any atom is 0.0293 e. The molecule has 0 rings (SSSR count). The number of allylic oxidation sites excluding steroid dienone is 1. The van der Waals surface area contributed by atoms with Crippen molar-refractivity contribution in [1.82, 2.24) is 5.32 Å². The van der Waals surface area contributed by atoms with Crippen molar-refractivity contribution in [2.24, 2.45) is 10.8 Å². The van der Waals surface area contributed by atoms with Gasteiger partial charge < -0.3 is 5.32 Å². The van der Waals surface area contributed by atoms with Crippen LogP contribution in [0.1, 0.15) is 73.6 Å². The van der Waals surface area contributed by atoms with Crippen molar-refractivity contribution in [3.8, 4) is 0 Å². The summed E-state index contributed by atoms with van der Waals surface area (Å²) in [7, 11) is 0. The standard InChI is InChI=1S/C18H35N/c1-9-17(5,6)14-18(7,8)13-11-12-15(3)16(4)19-10-2/h19H,3-4,9-14H2,1-2,5-8H3. The highest BCUT2D eigenvalue weighted by atomic mass is 14.9. The van der Waals surface area contributed by atoms with Crippen LogP contribution in [0, 0.1) is 10.8 Å². The van der Waals surface area contributed by atoms with E-state index in [0.717, 1.165) is 24.2 Å². The molecule has 0 bridgehead atoms. The van der Waals surface area contributed by atoms with Crippen molar-refractivity contribution >= 4 is 0 Å². The first-order valence-electron chi connectivity index (χ1n) is 7.74. The third kappa shape index (κ3) is 8.13. The normalized spacial score (nSPS) is 12.3. The topological polar surface area (TPSA) is 12.0 Å². The quantitative estimate of drug-likeness (QED) is 0.500. The van der Waals surface area contributed by atoms with E-state index in [2.05, 4.69) is 60.0 Å². The minimum atomic E-state index is 0.416. The molecule has 0 unspecified atom stereocenters. The Morgan fingerprint density at radius 2 is 1.58 bits per heavy atom. The lowest BCUT2D eigenvalue weighted by Crippen LogP contribution is -2.22. The lowest BCUT2D eigenvalue weighted by molar-refractivity contribution is 0.174. The van der Waals surface area contributed by atoms with Crippen LogP contribution in [-0.2, 0) is 0 Å². The number of nitrogens with one attached hydrogen (secondary N) is 1. The van der Waals surface area contributed by atoms with Gasteiger partial charge in [0.1, 0.15) is 0 Å². The van der Waals surface area contributed by atoms with Crippen molar-refractivity contribution in [2.45, 2.75) is 73.6 Å². The van der Waals surface area contributed by atoms with Crippen molar-refractivity contribution in [3.05, 3.63) is 24.4 Å². The molecule has 0 aromatic carbocycles. The van der Waals surface area contributed by atoms with Crippen LogP contribution in [0.2, 0.25) is 0 Å². The zero-order valence-corrected chi connectivity index (χ0v) is 14.2. The molecule has 0 fully saturated rings. The van der Waals surface area contributed by atoms with Gasteiger partial charge in [-0.15, -0.1) is 0 Å². The average molecular weight is 265 g/mol. The highest BCUT2D eigenvalue weighted by Gasteiger charge is 2.27. The Labute approximate surface area is 121 Å². The Morgan fingerprint density at radius 3 is 2.05 bits per heavy atom. The molecule has 0 saturated carbocycles. The summed E-state index contributed by atoms with van der Waals surface area (Å²) in [6, 6.07) is 0. The Morgan fingerprint density at radius 1 is 1.00 bits per heavy atom. The smallest absolute Gasteiger partial charge is 0.0293 e. The molecule has 0 radical (unpaired) electrons. The molecule has 0 spiro atoms. The van der Waals surface area contributed by atoms with Crippen LogP contribution in [0.15, 0.2) is 24.4 Å². The molecule has 112 valence electrons. The number of rotatable bonds is 10. The fraction of sp³-hybridized carbons (Fsp3) is 0.778. The van der Waals surface area contributed by atoms with Crippen LogP contribution in [0.4, 0.5) is 0 Å². The summed E-state index contributed by atoms with van der Waals surface area (Å²) in [6.07, 6.45) is 6.06. The monoisotopic (exact) mass is 265 g/mol. The van der Waals surface area contributed by atoms with E-state index in [-0.39, 0.29) is 0 Å². The summed E-state index contributed by atoms with van der Waals surface area (Å²) >= 11 is 0. The summed E-state index contributed by atoms with van der Waals surface area (Å²) < 4.78 is 0. The fourth-order valence-corrected chi connectivity index (χ4v) is 2.78. The van der Waals surface area contributed by atoms with E-state index >= 15 is 0 Å². The SMILES string of the molecule is C=C(CCCC(C)(C)CC(C)(C)CC)C(=C)NCC. The van der Waals surface area contributed by atoms with Crippen molar-refractivity contribution in [1.29, 1.82) is 0 Å². The fourth-order valence-electron chi connectivity index (χ4n) is 2.78. The molecule has 0 aliphatic heterocycles. The second kappa shape index (κ2) is 7.77. The maximum atomic E-state index is 4.12. The summed E-state index contributed by atoms with van der Waals surface area (Å²) in [5, 5.41) is 3.25. The molecule has 0 aliphatic rings. The van der Waals surface area contributed by atoms with E-state index in [9.17, 15) is 0 Å². The van der Waals surface area contributed by atoms with Crippen molar-refractivity contribution in [3.63, 3.8) is 0 Å². The van der Waals surface area contributed by atoms with Gasteiger partial charge in [-0.2, -0.15) is 0 Å². The predicted octanol–water partition coefficient (Wildman–Crippen LogP) is 5.69. The second-order valence-corrected chi connectivity index (χ2v) is 7.32. The zero-order valence-electron chi connectivity index (χ0n) is 14.2. The van der Waals surface area contributed by atoms with Gasteiger partial charge >= 0.3 is 0 Å². The van der Waals surface area contributed by atoms with Gasteiger partial charge in [-0.1, -0.05) is 54.2 Å². The van der Waals surface area contributed by atoms with E-state index in [4.69, 9.17) is 0 Å². The molecule has 19 heavy (non-hydrogen) atoms. The van der Waals surface area contributed by atoms with Gasteiger partial charge in [-0.3, -0.25) is 0 Å². The molecular formula is C18H35N. The number of hydrogen-bond donors (Lipinski definition) is 1. The van der Waals surface area contributed by atoms with Gasteiger partial charge in [0.05, 0.1) is 0 Å². The van der Waals surface area contributed by atoms with Gasteiger partial charge in [0, 0.05) is 12.2 Å². The maximum absolute atomic E-state index is 4.12. The highest BCUT2D eigenvalue weighted by Crippen LogP contribution is 2.39. The van der Waals surface area contributed by atoms with E-state index in [1.54, 1.807) is 0 Å². The van der Waals surface area contributed by atoms with E-state index in [0.29, 0.717) is 10.8 Å². The van der Waals surface area contributed by atoms with Crippen LogP contribution in [0.5, 0.6) is 0 Å². The largest absolute Gasteiger partial charge is 0.386 e. The zero-order chi connectivity index (χ0) is 15.1.